The van der Waals surface area contributed by atoms with Gasteiger partial charge in [0.05, 0.1) is 6.61 Å². The highest BCUT2D eigenvalue weighted by Crippen LogP contribution is 2.26. The molecule has 0 bridgehead atoms. The van der Waals surface area contributed by atoms with Crippen LogP contribution in [-0.4, -0.2) is 14.2 Å². The Labute approximate surface area is 118 Å². The van der Waals surface area contributed by atoms with Crippen molar-refractivity contribution in [2.75, 3.05) is 7.11 Å². The molecule has 0 aromatic heterocycles. The summed E-state index contributed by atoms with van der Waals surface area (Å²) in [6.45, 7) is 1.000. The van der Waals surface area contributed by atoms with Gasteiger partial charge in [0, 0.05) is 19.2 Å². The van der Waals surface area contributed by atoms with Crippen LogP contribution in [0.5, 0.6) is 11.5 Å². The first kappa shape index (κ1) is 13.2. The predicted molar refractivity (Wildman–Crippen MR) is 78.0 cm³/mol. The highest BCUT2D eigenvalue weighted by molar-refractivity contribution is 6.62. The Morgan fingerprint density at radius 2 is 2.10 bits per heavy atom. The molecule has 0 unspecified atom stereocenters. The molecular weight excluding hydrogens is 253 g/mol. The van der Waals surface area contributed by atoms with E-state index in [9.17, 15) is 0 Å². The highest BCUT2D eigenvalue weighted by Gasteiger charge is 2.29. The van der Waals surface area contributed by atoms with Crippen molar-refractivity contribution in [3.8, 4) is 11.5 Å². The number of rotatable bonds is 4. The van der Waals surface area contributed by atoms with Crippen LogP contribution < -0.4 is 15.9 Å². The third-order valence-corrected chi connectivity index (χ3v) is 3.39. The van der Waals surface area contributed by atoms with Crippen molar-refractivity contribution < 1.29 is 14.0 Å². The van der Waals surface area contributed by atoms with Crippen LogP contribution in [-0.2, 0) is 22.5 Å². The third kappa shape index (κ3) is 2.43. The third-order valence-electron chi connectivity index (χ3n) is 3.39. The normalized spacial score (nSPS) is 13.4. The van der Waals surface area contributed by atoms with Gasteiger partial charge < -0.3 is 19.8 Å². The monoisotopic (exact) mass is 269 g/mol. The van der Waals surface area contributed by atoms with Crippen LogP contribution in [0.25, 0.3) is 0 Å². The molecule has 5 heteroatoms. The molecule has 0 amide bonds. The van der Waals surface area contributed by atoms with Crippen molar-refractivity contribution in [1.82, 2.24) is 0 Å². The molecule has 2 aromatic carbocycles. The summed E-state index contributed by atoms with van der Waals surface area (Å²) in [6.07, 6.45) is 0. The molecule has 0 saturated heterocycles. The lowest BCUT2D eigenvalue weighted by atomic mass is 9.79. The number of benzene rings is 2. The van der Waals surface area contributed by atoms with Crippen molar-refractivity contribution in [3.05, 3.63) is 53.6 Å². The molecule has 2 N–H and O–H groups in total. The van der Waals surface area contributed by atoms with Gasteiger partial charge in [0.2, 0.25) is 0 Å². The molecule has 102 valence electrons. The van der Waals surface area contributed by atoms with Crippen molar-refractivity contribution in [1.29, 1.82) is 0 Å². The molecule has 0 aliphatic carbocycles. The average Bonchev–Trinajstić information content (AvgIpc) is 2.90. The summed E-state index contributed by atoms with van der Waals surface area (Å²) in [5.41, 5.74) is 8.86. The number of para-hydroxylation sites is 1. The van der Waals surface area contributed by atoms with E-state index in [2.05, 4.69) is 0 Å². The Kier molecular flexibility index (Phi) is 3.73. The SMILES string of the molecule is COB1OCc2cc(Oc3ccccc3CN)ccc21. The second kappa shape index (κ2) is 5.67. The van der Waals surface area contributed by atoms with E-state index in [4.69, 9.17) is 19.8 Å². The van der Waals surface area contributed by atoms with Crippen LogP contribution >= 0.6 is 0 Å². The van der Waals surface area contributed by atoms with E-state index in [0.29, 0.717) is 13.2 Å². The van der Waals surface area contributed by atoms with E-state index in [1.54, 1.807) is 7.11 Å². The number of hydrogen-bond donors (Lipinski definition) is 1. The van der Waals surface area contributed by atoms with Gasteiger partial charge in [-0.05, 0) is 29.2 Å². The summed E-state index contributed by atoms with van der Waals surface area (Å²) in [5, 5.41) is 0. The highest BCUT2D eigenvalue weighted by atomic mass is 16.6. The van der Waals surface area contributed by atoms with Crippen molar-refractivity contribution >= 4 is 12.6 Å². The molecule has 20 heavy (non-hydrogen) atoms. The Bertz CT molecular complexity index is 618. The summed E-state index contributed by atoms with van der Waals surface area (Å²) in [4.78, 5) is 0. The van der Waals surface area contributed by atoms with Gasteiger partial charge in [-0.25, -0.2) is 0 Å². The van der Waals surface area contributed by atoms with Gasteiger partial charge >= 0.3 is 7.12 Å². The molecule has 0 spiro atoms. The lowest BCUT2D eigenvalue weighted by Crippen LogP contribution is -2.30. The first-order valence-corrected chi connectivity index (χ1v) is 6.55. The standard InChI is InChI=1S/C15H16BNO3/c1-18-16-14-7-6-13(8-12(14)10-19-16)20-15-5-3-2-4-11(15)9-17/h2-8H,9-10,17H2,1H3. The van der Waals surface area contributed by atoms with E-state index in [-0.39, 0.29) is 7.12 Å². The zero-order valence-electron chi connectivity index (χ0n) is 11.3. The van der Waals surface area contributed by atoms with Gasteiger partial charge in [-0.3, -0.25) is 0 Å². The van der Waals surface area contributed by atoms with E-state index in [0.717, 1.165) is 28.1 Å². The maximum atomic E-state index is 5.92. The molecule has 2 aromatic rings. The van der Waals surface area contributed by atoms with Gasteiger partial charge in [-0.1, -0.05) is 24.3 Å². The van der Waals surface area contributed by atoms with Crippen LogP contribution in [0.4, 0.5) is 0 Å². The van der Waals surface area contributed by atoms with Gasteiger partial charge in [-0.15, -0.1) is 0 Å². The molecule has 1 heterocycles. The number of fused-ring (bicyclic) bond motifs is 1. The quantitative estimate of drug-likeness (QED) is 0.860. The second-order valence-corrected chi connectivity index (χ2v) is 4.65. The molecule has 0 fully saturated rings. The molecule has 0 saturated carbocycles. The molecule has 3 rings (SSSR count). The van der Waals surface area contributed by atoms with Gasteiger partial charge in [0.15, 0.2) is 0 Å². The van der Waals surface area contributed by atoms with Gasteiger partial charge in [0.1, 0.15) is 11.5 Å². The predicted octanol–water partition coefficient (Wildman–Crippen LogP) is 1.81. The minimum absolute atomic E-state index is 0.268. The molecule has 1 aliphatic heterocycles. The van der Waals surface area contributed by atoms with E-state index in [1.165, 1.54) is 0 Å². The minimum Gasteiger partial charge on any atom is -0.457 e. The van der Waals surface area contributed by atoms with E-state index < -0.39 is 0 Å². The fourth-order valence-electron chi connectivity index (χ4n) is 2.35. The Hall–Kier alpha value is -1.82. The topological polar surface area (TPSA) is 53.7 Å². The molecular formula is C15H16BNO3. The molecule has 0 atom stereocenters. The second-order valence-electron chi connectivity index (χ2n) is 4.65. The molecule has 4 nitrogen and oxygen atoms in total. The van der Waals surface area contributed by atoms with Crippen LogP contribution in [0.15, 0.2) is 42.5 Å². The summed E-state index contributed by atoms with van der Waals surface area (Å²) in [5.74, 6) is 1.57. The fourth-order valence-corrected chi connectivity index (χ4v) is 2.35. The summed E-state index contributed by atoms with van der Waals surface area (Å²) >= 11 is 0. The Balaban J connectivity index is 1.86. The number of ether oxygens (including phenoxy) is 1. The molecule has 1 aliphatic rings. The minimum atomic E-state index is -0.268. The lowest BCUT2D eigenvalue weighted by Gasteiger charge is -2.11. The zero-order valence-corrected chi connectivity index (χ0v) is 11.3. The summed E-state index contributed by atoms with van der Waals surface area (Å²) < 4.78 is 16.7. The number of hydrogen-bond acceptors (Lipinski definition) is 4. The lowest BCUT2D eigenvalue weighted by molar-refractivity contribution is 0.245. The zero-order chi connectivity index (χ0) is 13.9. The largest absolute Gasteiger partial charge is 0.494 e. The first-order chi connectivity index (χ1) is 9.81. The van der Waals surface area contributed by atoms with Gasteiger partial charge in [0.25, 0.3) is 0 Å². The van der Waals surface area contributed by atoms with Crippen LogP contribution in [0, 0.1) is 0 Å². The maximum Gasteiger partial charge on any atom is 0.494 e. The van der Waals surface area contributed by atoms with Crippen LogP contribution in [0.3, 0.4) is 0 Å². The first-order valence-electron chi connectivity index (χ1n) is 6.55. The van der Waals surface area contributed by atoms with Crippen molar-refractivity contribution in [2.24, 2.45) is 5.73 Å². The van der Waals surface area contributed by atoms with Crippen LogP contribution in [0.1, 0.15) is 11.1 Å². The maximum absolute atomic E-state index is 5.92. The fraction of sp³-hybridized carbons (Fsp3) is 0.200. The molecule has 0 radical (unpaired) electrons. The summed E-state index contributed by atoms with van der Waals surface area (Å²) in [7, 11) is 1.37. The van der Waals surface area contributed by atoms with Crippen molar-refractivity contribution in [3.63, 3.8) is 0 Å². The van der Waals surface area contributed by atoms with E-state index in [1.807, 2.05) is 42.5 Å². The van der Waals surface area contributed by atoms with Gasteiger partial charge in [-0.2, -0.15) is 0 Å². The van der Waals surface area contributed by atoms with Crippen molar-refractivity contribution in [2.45, 2.75) is 13.2 Å². The Morgan fingerprint density at radius 3 is 2.90 bits per heavy atom. The smallest absolute Gasteiger partial charge is 0.457 e. The number of nitrogens with two attached hydrogens (primary N) is 1. The van der Waals surface area contributed by atoms with E-state index >= 15 is 0 Å². The average molecular weight is 269 g/mol. The Morgan fingerprint density at radius 1 is 1.25 bits per heavy atom. The van der Waals surface area contributed by atoms with Crippen LogP contribution in [0.2, 0.25) is 0 Å². The summed E-state index contributed by atoms with van der Waals surface area (Å²) in [6, 6.07) is 13.7.